The van der Waals surface area contributed by atoms with Crippen LogP contribution in [-0.2, 0) is 6.42 Å². The molecule has 2 rings (SSSR count). The molecule has 0 fully saturated rings. The summed E-state index contributed by atoms with van der Waals surface area (Å²) >= 11 is 5.35. The highest BCUT2D eigenvalue weighted by atomic mass is 79.9. The van der Waals surface area contributed by atoms with Gasteiger partial charge >= 0.3 is 0 Å². The minimum absolute atomic E-state index is 0.0740. The molecule has 1 unspecified atom stereocenters. The van der Waals surface area contributed by atoms with Gasteiger partial charge in [0, 0.05) is 20.3 Å². The van der Waals surface area contributed by atoms with E-state index in [2.05, 4.69) is 60.1 Å². The van der Waals surface area contributed by atoms with Crippen LogP contribution >= 0.6 is 27.3 Å². The zero-order valence-corrected chi connectivity index (χ0v) is 12.4. The van der Waals surface area contributed by atoms with Gasteiger partial charge in [0.1, 0.15) is 0 Å². The van der Waals surface area contributed by atoms with E-state index >= 15 is 0 Å². The monoisotopic (exact) mass is 309 g/mol. The first-order chi connectivity index (χ1) is 8.06. The van der Waals surface area contributed by atoms with Gasteiger partial charge in [0.2, 0.25) is 0 Å². The highest BCUT2D eigenvalue weighted by molar-refractivity contribution is 9.10. The third-order valence-corrected chi connectivity index (χ3v) is 4.81. The maximum Gasteiger partial charge on any atom is 0.0442 e. The van der Waals surface area contributed by atoms with E-state index in [1.165, 1.54) is 20.9 Å². The molecule has 0 radical (unpaired) electrons. The Balaban J connectivity index is 2.16. The fraction of sp³-hybridized carbons (Fsp3) is 0.286. The Hall–Kier alpha value is -0.640. The minimum atomic E-state index is 0.0740. The number of hydrogen-bond donors (Lipinski definition) is 1. The predicted octanol–water partition coefficient (Wildman–Crippen LogP) is 4.37. The summed E-state index contributed by atoms with van der Waals surface area (Å²) in [4.78, 5) is 2.54. The van der Waals surface area contributed by atoms with Crippen molar-refractivity contribution in [1.82, 2.24) is 0 Å². The third-order valence-electron chi connectivity index (χ3n) is 2.71. The van der Waals surface area contributed by atoms with Gasteiger partial charge in [-0.3, -0.25) is 0 Å². The summed E-state index contributed by atoms with van der Waals surface area (Å²) in [7, 11) is 0. The summed E-state index contributed by atoms with van der Waals surface area (Å²) in [6.07, 6.45) is 0.889. The lowest BCUT2D eigenvalue weighted by molar-refractivity contribution is 0.733. The van der Waals surface area contributed by atoms with Crippen molar-refractivity contribution in [3.63, 3.8) is 0 Å². The summed E-state index contributed by atoms with van der Waals surface area (Å²) in [6.45, 7) is 4.22. The number of aryl methyl sites for hydroxylation is 2. The first-order valence-corrected chi connectivity index (χ1v) is 7.24. The smallest absolute Gasteiger partial charge is 0.0442 e. The second kappa shape index (κ2) is 5.34. The first kappa shape index (κ1) is 12.8. The Kier molecular flexibility index (Phi) is 4.02. The normalized spacial score (nSPS) is 12.7. The van der Waals surface area contributed by atoms with Crippen LogP contribution in [0.4, 0.5) is 0 Å². The predicted molar refractivity (Wildman–Crippen MR) is 78.6 cm³/mol. The Bertz CT molecular complexity index is 519. The number of rotatable bonds is 3. The van der Waals surface area contributed by atoms with Crippen molar-refractivity contribution in [3.8, 4) is 0 Å². The molecule has 0 bridgehead atoms. The molecule has 2 aromatic rings. The lowest BCUT2D eigenvalue weighted by Crippen LogP contribution is -2.12. The molecule has 0 saturated carbocycles. The van der Waals surface area contributed by atoms with Crippen LogP contribution in [0.3, 0.4) is 0 Å². The fourth-order valence-electron chi connectivity index (χ4n) is 1.94. The van der Waals surface area contributed by atoms with Crippen molar-refractivity contribution in [3.05, 3.63) is 55.7 Å². The van der Waals surface area contributed by atoms with Crippen molar-refractivity contribution < 1.29 is 0 Å². The van der Waals surface area contributed by atoms with Gasteiger partial charge < -0.3 is 5.73 Å². The van der Waals surface area contributed by atoms with Gasteiger partial charge in [-0.1, -0.05) is 29.8 Å². The van der Waals surface area contributed by atoms with Gasteiger partial charge in [0.25, 0.3) is 0 Å². The molecule has 1 atom stereocenters. The molecule has 2 N–H and O–H groups in total. The molecule has 0 saturated heterocycles. The molecule has 0 amide bonds. The topological polar surface area (TPSA) is 26.0 Å². The van der Waals surface area contributed by atoms with Gasteiger partial charge in [-0.15, -0.1) is 11.3 Å². The molecule has 0 spiro atoms. The molecule has 0 aliphatic heterocycles. The Morgan fingerprint density at radius 1 is 1.29 bits per heavy atom. The van der Waals surface area contributed by atoms with E-state index in [1.54, 1.807) is 11.3 Å². The maximum atomic E-state index is 6.27. The number of nitrogens with two attached hydrogens (primary N) is 1. The molecule has 90 valence electrons. The molecule has 1 aromatic carbocycles. The van der Waals surface area contributed by atoms with Crippen LogP contribution in [0.15, 0.2) is 34.8 Å². The summed E-state index contributed by atoms with van der Waals surface area (Å²) in [5.74, 6) is 0. The molecule has 0 aliphatic carbocycles. The van der Waals surface area contributed by atoms with Gasteiger partial charge in [0.05, 0.1) is 0 Å². The average Bonchev–Trinajstić information content (AvgIpc) is 2.58. The second-order valence-corrected chi connectivity index (χ2v) is 6.51. The minimum Gasteiger partial charge on any atom is -0.323 e. The summed E-state index contributed by atoms with van der Waals surface area (Å²) in [5, 5.41) is 0. The van der Waals surface area contributed by atoms with Crippen LogP contribution in [-0.4, -0.2) is 0 Å². The quantitative estimate of drug-likeness (QED) is 0.895. The molecular weight excluding hydrogens is 294 g/mol. The summed E-state index contributed by atoms with van der Waals surface area (Å²) < 4.78 is 1.14. The van der Waals surface area contributed by atoms with E-state index in [-0.39, 0.29) is 6.04 Å². The summed E-state index contributed by atoms with van der Waals surface area (Å²) in [6, 6.07) is 10.8. The molecule has 1 heterocycles. The fourth-order valence-corrected chi connectivity index (χ4v) is 3.89. The lowest BCUT2D eigenvalue weighted by atomic mass is 10.0. The standard InChI is InChI=1S/C14H16BrNS/c1-9-4-3-5-11(6-9)8-13(16)14-12(15)7-10(2)17-14/h3-7,13H,8,16H2,1-2H3. The Morgan fingerprint density at radius 2 is 2.06 bits per heavy atom. The second-order valence-electron chi connectivity index (χ2n) is 4.37. The maximum absolute atomic E-state index is 6.27. The first-order valence-electron chi connectivity index (χ1n) is 5.63. The zero-order chi connectivity index (χ0) is 12.4. The Morgan fingerprint density at radius 3 is 2.65 bits per heavy atom. The van der Waals surface area contributed by atoms with E-state index in [0.29, 0.717) is 0 Å². The number of thiophene rings is 1. The van der Waals surface area contributed by atoms with Gasteiger partial charge in [-0.05, 0) is 47.8 Å². The summed E-state index contributed by atoms with van der Waals surface area (Å²) in [5.41, 5.74) is 8.86. The van der Waals surface area contributed by atoms with E-state index in [4.69, 9.17) is 5.73 Å². The van der Waals surface area contributed by atoms with Crippen molar-refractivity contribution in [2.75, 3.05) is 0 Å². The molecule has 1 aromatic heterocycles. The van der Waals surface area contributed by atoms with Crippen molar-refractivity contribution in [2.45, 2.75) is 26.3 Å². The van der Waals surface area contributed by atoms with Crippen LogP contribution in [0.1, 0.15) is 26.9 Å². The highest BCUT2D eigenvalue weighted by Gasteiger charge is 2.13. The molecule has 3 heteroatoms. The lowest BCUT2D eigenvalue weighted by Gasteiger charge is -2.11. The van der Waals surface area contributed by atoms with E-state index < -0.39 is 0 Å². The molecule has 0 aliphatic rings. The largest absolute Gasteiger partial charge is 0.323 e. The van der Waals surface area contributed by atoms with E-state index in [0.717, 1.165) is 10.9 Å². The highest BCUT2D eigenvalue weighted by Crippen LogP contribution is 2.32. The van der Waals surface area contributed by atoms with Gasteiger partial charge in [0.15, 0.2) is 0 Å². The average molecular weight is 310 g/mol. The van der Waals surface area contributed by atoms with Gasteiger partial charge in [-0.2, -0.15) is 0 Å². The van der Waals surface area contributed by atoms with E-state index in [9.17, 15) is 0 Å². The van der Waals surface area contributed by atoms with Crippen LogP contribution in [0.25, 0.3) is 0 Å². The Labute approximate surface area is 115 Å². The third kappa shape index (κ3) is 3.18. The SMILES string of the molecule is Cc1cccc(CC(N)c2sc(C)cc2Br)c1. The van der Waals surface area contributed by atoms with Crippen molar-refractivity contribution in [1.29, 1.82) is 0 Å². The van der Waals surface area contributed by atoms with Crippen LogP contribution in [0.5, 0.6) is 0 Å². The van der Waals surface area contributed by atoms with Crippen LogP contribution in [0.2, 0.25) is 0 Å². The molecule has 17 heavy (non-hydrogen) atoms. The molecular formula is C14H16BrNS. The number of benzene rings is 1. The van der Waals surface area contributed by atoms with Crippen molar-refractivity contribution >= 4 is 27.3 Å². The molecule has 1 nitrogen and oxygen atoms in total. The van der Waals surface area contributed by atoms with Gasteiger partial charge in [-0.25, -0.2) is 0 Å². The number of hydrogen-bond acceptors (Lipinski definition) is 2. The van der Waals surface area contributed by atoms with E-state index in [1.807, 2.05) is 0 Å². The van der Waals surface area contributed by atoms with Crippen LogP contribution < -0.4 is 5.73 Å². The van der Waals surface area contributed by atoms with Crippen molar-refractivity contribution in [2.24, 2.45) is 5.73 Å². The zero-order valence-electron chi connectivity index (χ0n) is 10.0. The van der Waals surface area contributed by atoms with Crippen LogP contribution in [0, 0.1) is 13.8 Å². The number of halogens is 1.